The van der Waals surface area contributed by atoms with Gasteiger partial charge in [0.1, 0.15) is 5.75 Å². The van der Waals surface area contributed by atoms with Crippen molar-refractivity contribution < 1.29 is 9.53 Å². The van der Waals surface area contributed by atoms with Gasteiger partial charge in [-0.3, -0.25) is 4.79 Å². The Morgan fingerprint density at radius 1 is 1.18 bits per heavy atom. The van der Waals surface area contributed by atoms with Gasteiger partial charge in [-0.1, -0.05) is 30.9 Å². The van der Waals surface area contributed by atoms with E-state index in [4.69, 9.17) is 16.3 Å². The lowest BCUT2D eigenvalue weighted by Crippen LogP contribution is -2.34. The summed E-state index contributed by atoms with van der Waals surface area (Å²) in [6.45, 7) is 1.49. The summed E-state index contributed by atoms with van der Waals surface area (Å²) in [5.74, 6) is 1.44. The lowest BCUT2D eigenvalue weighted by atomic mass is 9.88. The Balaban J connectivity index is 1.59. The molecule has 1 aromatic rings. The Hall–Kier alpha value is -1.22. The van der Waals surface area contributed by atoms with Crippen molar-refractivity contribution in [3.05, 3.63) is 29.3 Å². The average molecular weight is 324 g/mol. The van der Waals surface area contributed by atoms with Crippen molar-refractivity contribution in [2.24, 2.45) is 5.92 Å². The number of hydrogen-bond acceptors (Lipinski definition) is 2. The van der Waals surface area contributed by atoms with E-state index in [0.29, 0.717) is 12.5 Å². The predicted octanol–water partition coefficient (Wildman–Crippen LogP) is 4.54. The first-order valence-electron chi connectivity index (χ1n) is 8.30. The quantitative estimate of drug-likeness (QED) is 0.689. The number of benzene rings is 1. The predicted molar refractivity (Wildman–Crippen MR) is 90.4 cm³/mol. The van der Waals surface area contributed by atoms with Gasteiger partial charge in [0.05, 0.1) is 6.61 Å². The van der Waals surface area contributed by atoms with Crippen LogP contribution in [-0.2, 0) is 4.79 Å². The molecule has 0 atom stereocenters. The molecule has 0 bridgehead atoms. The van der Waals surface area contributed by atoms with Gasteiger partial charge in [0.25, 0.3) is 0 Å². The van der Waals surface area contributed by atoms with Gasteiger partial charge in [0.15, 0.2) is 0 Å². The van der Waals surface area contributed by atoms with Crippen LogP contribution in [0.3, 0.4) is 0 Å². The van der Waals surface area contributed by atoms with E-state index < -0.39 is 0 Å². The maximum absolute atomic E-state index is 12.3. The third-order valence-corrected chi connectivity index (χ3v) is 4.55. The molecule has 1 amide bonds. The number of halogens is 1. The van der Waals surface area contributed by atoms with E-state index in [1.54, 1.807) is 0 Å². The van der Waals surface area contributed by atoms with Crippen LogP contribution in [0.5, 0.6) is 5.75 Å². The van der Waals surface area contributed by atoms with Crippen LogP contribution in [0.15, 0.2) is 24.3 Å². The van der Waals surface area contributed by atoms with Crippen LogP contribution in [0.25, 0.3) is 0 Å². The van der Waals surface area contributed by atoms with Crippen LogP contribution >= 0.6 is 11.6 Å². The molecule has 0 unspecified atom stereocenters. The van der Waals surface area contributed by atoms with Crippen LogP contribution in [0, 0.1) is 5.92 Å². The maximum atomic E-state index is 12.3. The summed E-state index contributed by atoms with van der Waals surface area (Å²) in [5, 5.41) is 0.718. The van der Waals surface area contributed by atoms with E-state index >= 15 is 0 Å². The largest absolute Gasteiger partial charge is 0.494 e. The highest BCUT2D eigenvalue weighted by Crippen LogP contribution is 2.25. The number of ether oxygens (including phenoxy) is 1. The van der Waals surface area contributed by atoms with Gasteiger partial charge in [-0.25, -0.2) is 0 Å². The highest BCUT2D eigenvalue weighted by Gasteiger charge is 2.23. The molecule has 0 aliphatic heterocycles. The summed E-state index contributed by atoms with van der Waals surface area (Å²) in [5.41, 5.74) is 0. The first-order valence-corrected chi connectivity index (χ1v) is 8.68. The second-order valence-electron chi connectivity index (χ2n) is 6.10. The zero-order valence-corrected chi connectivity index (χ0v) is 14.1. The van der Waals surface area contributed by atoms with Crippen molar-refractivity contribution in [1.29, 1.82) is 0 Å². The zero-order valence-electron chi connectivity index (χ0n) is 13.4. The van der Waals surface area contributed by atoms with Crippen molar-refractivity contribution in [2.75, 3.05) is 20.2 Å². The SMILES string of the molecule is CN(CCCCOc1ccc(Cl)cc1)C(=O)C1CCCCC1. The van der Waals surface area contributed by atoms with Crippen LogP contribution in [0.4, 0.5) is 0 Å². The fourth-order valence-electron chi connectivity index (χ4n) is 2.94. The number of nitrogens with zero attached hydrogens (tertiary/aromatic N) is 1. The molecule has 0 spiro atoms. The lowest BCUT2D eigenvalue weighted by molar-refractivity contribution is -0.135. The lowest BCUT2D eigenvalue weighted by Gasteiger charge is -2.26. The Morgan fingerprint density at radius 3 is 2.55 bits per heavy atom. The molecule has 1 saturated carbocycles. The zero-order chi connectivity index (χ0) is 15.8. The van der Waals surface area contributed by atoms with Gasteiger partial charge in [-0.15, -0.1) is 0 Å². The Labute approximate surface area is 138 Å². The molecule has 1 fully saturated rings. The third kappa shape index (κ3) is 5.53. The van der Waals surface area contributed by atoms with Gasteiger partial charge >= 0.3 is 0 Å². The smallest absolute Gasteiger partial charge is 0.225 e. The molecule has 0 saturated heterocycles. The summed E-state index contributed by atoms with van der Waals surface area (Å²) in [4.78, 5) is 14.2. The fraction of sp³-hybridized carbons (Fsp3) is 0.611. The van der Waals surface area contributed by atoms with Crippen molar-refractivity contribution in [1.82, 2.24) is 4.90 Å². The average Bonchev–Trinajstić information content (AvgIpc) is 2.56. The van der Waals surface area contributed by atoms with Crippen LogP contribution in [0.2, 0.25) is 5.02 Å². The topological polar surface area (TPSA) is 29.5 Å². The molecule has 3 nitrogen and oxygen atoms in total. The van der Waals surface area contributed by atoms with Crippen molar-refractivity contribution >= 4 is 17.5 Å². The molecule has 1 aliphatic rings. The first-order chi connectivity index (χ1) is 10.7. The van der Waals surface area contributed by atoms with E-state index in [9.17, 15) is 4.79 Å². The molecule has 0 heterocycles. The fourth-order valence-corrected chi connectivity index (χ4v) is 3.07. The minimum atomic E-state index is 0.268. The monoisotopic (exact) mass is 323 g/mol. The summed E-state index contributed by atoms with van der Waals surface area (Å²) in [6.07, 6.45) is 7.77. The van der Waals surface area contributed by atoms with Crippen molar-refractivity contribution in [3.8, 4) is 5.75 Å². The molecule has 2 rings (SSSR count). The Morgan fingerprint density at radius 2 is 1.86 bits per heavy atom. The van der Waals surface area contributed by atoms with E-state index in [2.05, 4.69) is 0 Å². The molecular weight excluding hydrogens is 298 g/mol. The molecular formula is C18H26ClNO2. The van der Waals surface area contributed by atoms with Gasteiger partial charge in [0, 0.05) is 24.5 Å². The van der Waals surface area contributed by atoms with Gasteiger partial charge in [0.2, 0.25) is 5.91 Å². The molecule has 0 N–H and O–H groups in total. The number of carbonyl (C=O) groups excluding carboxylic acids is 1. The number of unbranched alkanes of at least 4 members (excludes halogenated alkanes) is 1. The standard InChI is InChI=1S/C18H26ClNO2/c1-20(18(21)15-7-3-2-4-8-15)13-5-6-14-22-17-11-9-16(19)10-12-17/h9-12,15H,2-8,13-14H2,1H3. The summed E-state index contributed by atoms with van der Waals surface area (Å²) >= 11 is 5.83. The number of rotatable bonds is 7. The number of carbonyl (C=O) groups is 1. The molecule has 0 radical (unpaired) electrons. The highest BCUT2D eigenvalue weighted by atomic mass is 35.5. The van der Waals surface area contributed by atoms with Crippen molar-refractivity contribution in [3.63, 3.8) is 0 Å². The number of amides is 1. The first kappa shape index (κ1) is 17.1. The Kier molecular flexibility index (Phi) is 7.04. The summed E-state index contributed by atoms with van der Waals surface area (Å²) < 4.78 is 5.66. The second-order valence-corrected chi connectivity index (χ2v) is 6.54. The molecule has 1 aliphatic carbocycles. The van der Waals surface area contributed by atoms with Crippen molar-refractivity contribution in [2.45, 2.75) is 44.9 Å². The van der Waals surface area contributed by atoms with Gasteiger partial charge in [-0.2, -0.15) is 0 Å². The van der Waals surface area contributed by atoms with Gasteiger partial charge in [-0.05, 0) is 49.9 Å². The number of hydrogen-bond donors (Lipinski definition) is 0. The van der Waals surface area contributed by atoms with Crippen LogP contribution in [-0.4, -0.2) is 31.0 Å². The Bertz CT molecular complexity index is 455. The molecule has 22 heavy (non-hydrogen) atoms. The van der Waals surface area contributed by atoms with E-state index in [-0.39, 0.29) is 5.92 Å². The van der Waals surface area contributed by atoms with Crippen LogP contribution < -0.4 is 4.74 Å². The normalized spacial score (nSPS) is 15.5. The molecule has 0 aromatic heterocycles. The second kappa shape index (κ2) is 9.04. The van der Waals surface area contributed by atoms with E-state index in [0.717, 1.165) is 43.0 Å². The van der Waals surface area contributed by atoms with Gasteiger partial charge < -0.3 is 9.64 Å². The summed E-state index contributed by atoms with van der Waals surface area (Å²) in [7, 11) is 1.93. The minimum absolute atomic E-state index is 0.268. The molecule has 4 heteroatoms. The van der Waals surface area contributed by atoms with E-state index in [1.165, 1.54) is 19.3 Å². The third-order valence-electron chi connectivity index (χ3n) is 4.30. The maximum Gasteiger partial charge on any atom is 0.225 e. The van der Waals surface area contributed by atoms with Crippen LogP contribution in [0.1, 0.15) is 44.9 Å². The molecule has 122 valence electrons. The van der Waals surface area contributed by atoms with E-state index in [1.807, 2.05) is 36.2 Å². The minimum Gasteiger partial charge on any atom is -0.494 e. The summed E-state index contributed by atoms with van der Waals surface area (Å²) in [6, 6.07) is 7.41. The highest BCUT2D eigenvalue weighted by molar-refractivity contribution is 6.30. The molecule has 1 aromatic carbocycles.